The Labute approximate surface area is 137 Å². The van der Waals surface area contributed by atoms with Gasteiger partial charge in [0.1, 0.15) is 0 Å². The predicted octanol–water partition coefficient (Wildman–Crippen LogP) is 4.81. The molecule has 2 aromatic rings. The maximum Gasteiger partial charge on any atom is 0.0422 e. The molecule has 0 aliphatic rings. The minimum absolute atomic E-state index is 0.252. The van der Waals surface area contributed by atoms with Crippen LogP contribution in [0.2, 0.25) is 0 Å². The van der Waals surface area contributed by atoms with Gasteiger partial charge in [-0.1, -0.05) is 44.8 Å². The van der Waals surface area contributed by atoms with E-state index in [1.807, 2.05) is 12.3 Å². The van der Waals surface area contributed by atoms with Gasteiger partial charge in [0.25, 0.3) is 0 Å². The minimum Gasteiger partial charge on any atom is -0.310 e. The van der Waals surface area contributed by atoms with Crippen molar-refractivity contribution in [2.75, 3.05) is 6.54 Å². The molecule has 1 aromatic heterocycles. The van der Waals surface area contributed by atoms with E-state index in [1.165, 1.54) is 11.1 Å². The minimum atomic E-state index is 0.252. The van der Waals surface area contributed by atoms with E-state index in [9.17, 15) is 0 Å². The van der Waals surface area contributed by atoms with Gasteiger partial charge >= 0.3 is 0 Å². The Balaban J connectivity index is 2.26. The van der Waals surface area contributed by atoms with Crippen molar-refractivity contribution in [2.24, 2.45) is 0 Å². The van der Waals surface area contributed by atoms with Crippen LogP contribution in [0.1, 0.15) is 29.8 Å². The summed E-state index contributed by atoms with van der Waals surface area (Å²) in [6, 6.07) is 10.7. The van der Waals surface area contributed by atoms with Gasteiger partial charge in [-0.15, -0.1) is 0 Å². The van der Waals surface area contributed by atoms with Crippen molar-refractivity contribution in [1.29, 1.82) is 0 Å². The highest BCUT2D eigenvalue weighted by Gasteiger charge is 2.15. The van der Waals surface area contributed by atoms with Crippen LogP contribution in [0.25, 0.3) is 0 Å². The Morgan fingerprint density at radius 3 is 2.65 bits per heavy atom. The van der Waals surface area contributed by atoms with E-state index < -0.39 is 0 Å². The molecule has 1 unspecified atom stereocenters. The number of hydrogen-bond acceptors (Lipinski definition) is 2. The van der Waals surface area contributed by atoms with Crippen LogP contribution >= 0.6 is 31.9 Å². The zero-order valence-electron chi connectivity index (χ0n) is 11.7. The summed E-state index contributed by atoms with van der Waals surface area (Å²) in [6.45, 7) is 5.11. The lowest BCUT2D eigenvalue weighted by molar-refractivity contribution is 0.542. The molecule has 0 amide bonds. The van der Waals surface area contributed by atoms with Crippen molar-refractivity contribution in [3.8, 4) is 0 Å². The molecule has 0 radical (unpaired) electrons. The summed E-state index contributed by atoms with van der Waals surface area (Å²) in [5.74, 6) is 0. The van der Waals surface area contributed by atoms with Crippen molar-refractivity contribution in [3.63, 3.8) is 0 Å². The zero-order chi connectivity index (χ0) is 14.5. The molecular weight excluding hydrogens is 380 g/mol. The number of rotatable bonds is 5. The second kappa shape index (κ2) is 7.34. The zero-order valence-corrected chi connectivity index (χ0v) is 14.8. The number of aryl methyl sites for hydroxylation is 1. The lowest BCUT2D eigenvalue weighted by atomic mass is 10.0. The summed E-state index contributed by atoms with van der Waals surface area (Å²) in [4.78, 5) is 4.51. The van der Waals surface area contributed by atoms with Gasteiger partial charge in [-0.25, -0.2) is 0 Å². The molecule has 0 saturated heterocycles. The van der Waals surface area contributed by atoms with Gasteiger partial charge in [0.2, 0.25) is 0 Å². The van der Waals surface area contributed by atoms with Crippen molar-refractivity contribution < 1.29 is 0 Å². The highest BCUT2D eigenvalue weighted by molar-refractivity contribution is 9.11. The number of hydrogen-bond donors (Lipinski definition) is 1. The van der Waals surface area contributed by atoms with Crippen LogP contribution in [-0.4, -0.2) is 11.5 Å². The van der Waals surface area contributed by atoms with Crippen LogP contribution < -0.4 is 5.32 Å². The van der Waals surface area contributed by atoms with Gasteiger partial charge < -0.3 is 5.32 Å². The fraction of sp³-hybridized carbons (Fsp3) is 0.312. The van der Waals surface area contributed by atoms with Crippen LogP contribution in [0.4, 0.5) is 0 Å². The summed E-state index contributed by atoms with van der Waals surface area (Å²) >= 11 is 7.19. The van der Waals surface area contributed by atoms with Crippen LogP contribution in [-0.2, 0) is 6.42 Å². The smallest absolute Gasteiger partial charge is 0.0422 e. The molecule has 1 atom stereocenters. The second-order valence-electron chi connectivity index (χ2n) is 4.81. The Morgan fingerprint density at radius 1 is 1.20 bits per heavy atom. The highest BCUT2D eigenvalue weighted by atomic mass is 79.9. The fourth-order valence-corrected chi connectivity index (χ4v) is 3.05. The van der Waals surface area contributed by atoms with Crippen molar-refractivity contribution >= 4 is 31.9 Å². The third-order valence-electron chi connectivity index (χ3n) is 3.17. The molecular formula is C16H18Br2N2. The SMILES string of the molecule is CCNC(Cc1ccc(C)cn1)c1cc(Br)ccc1Br. The highest BCUT2D eigenvalue weighted by Crippen LogP contribution is 2.28. The summed E-state index contributed by atoms with van der Waals surface area (Å²) in [7, 11) is 0. The van der Waals surface area contributed by atoms with E-state index in [-0.39, 0.29) is 6.04 Å². The maximum atomic E-state index is 4.51. The molecule has 1 heterocycles. The molecule has 4 heteroatoms. The molecule has 0 aliphatic carbocycles. The lowest BCUT2D eigenvalue weighted by Crippen LogP contribution is -2.23. The average molecular weight is 398 g/mol. The molecule has 2 rings (SSSR count). The van der Waals surface area contributed by atoms with Crippen LogP contribution in [0.5, 0.6) is 0 Å². The topological polar surface area (TPSA) is 24.9 Å². The van der Waals surface area contributed by atoms with Crippen molar-refractivity contribution in [3.05, 3.63) is 62.3 Å². The van der Waals surface area contributed by atoms with E-state index >= 15 is 0 Å². The van der Waals surface area contributed by atoms with Gasteiger partial charge in [-0.05, 0) is 48.9 Å². The van der Waals surface area contributed by atoms with E-state index in [0.29, 0.717) is 0 Å². The van der Waals surface area contributed by atoms with Crippen LogP contribution in [0.15, 0.2) is 45.5 Å². The number of nitrogens with zero attached hydrogens (tertiary/aromatic N) is 1. The quantitative estimate of drug-likeness (QED) is 0.782. The molecule has 0 spiro atoms. The molecule has 106 valence electrons. The number of pyridine rings is 1. The monoisotopic (exact) mass is 396 g/mol. The summed E-state index contributed by atoms with van der Waals surface area (Å²) in [6.07, 6.45) is 2.80. The summed E-state index contributed by atoms with van der Waals surface area (Å²) in [5.41, 5.74) is 3.55. The molecule has 0 bridgehead atoms. The molecule has 0 aliphatic heterocycles. The predicted molar refractivity (Wildman–Crippen MR) is 90.9 cm³/mol. The van der Waals surface area contributed by atoms with Crippen molar-refractivity contribution in [1.82, 2.24) is 10.3 Å². The van der Waals surface area contributed by atoms with Gasteiger partial charge in [0.15, 0.2) is 0 Å². The second-order valence-corrected chi connectivity index (χ2v) is 6.58. The number of likely N-dealkylation sites (N-methyl/N-ethyl adjacent to an activating group) is 1. The first-order valence-corrected chi connectivity index (χ1v) is 8.28. The van der Waals surface area contributed by atoms with E-state index in [0.717, 1.165) is 27.6 Å². The Hall–Kier alpha value is -0.710. The largest absolute Gasteiger partial charge is 0.310 e. The average Bonchev–Trinajstić information content (AvgIpc) is 2.43. The number of halogens is 2. The molecule has 20 heavy (non-hydrogen) atoms. The lowest BCUT2D eigenvalue weighted by Gasteiger charge is -2.20. The van der Waals surface area contributed by atoms with Crippen molar-refractivity contribution in [2.45, 2.75) is 26.3 Å². The summed E-state index contributed by atoms with van der Waals surface area (Å²) < 4.78 is 2.22. The number of aromatic nitrogens is 1. The first-order valence-electron chi connectivity index (χ1n) is 6.70. The van der Waals surface area contributed by atoms with Gasteiger partial charge in [-0.3, -0.25) is 4.98 Å². The Morgan fingerprint density at radius 2 is 2.00 bits per heavy atom. The van der Waals surface area contributed by atoms with Crippen LogP contribution in [0, 0.1) is 6.92 Å². The fourth-order valence-electron chi connectivity index (χ4n) is 2.15. The molecule has 0 saturated carbocycles. The van der Waals surface area contributed by atoms with Gasteiger partial charge in [-0.2, -0.15) is 0 Å². The Bertz CT molecular complexity index is 567. The van der Waals surface area contributed by atoms with Gasteiger partial charge in [0.05, 0.1) is 0 Å². The normalized spacial score (nSPS) is 12.4. The molecule has 2 nitrogen and oxygen atoms in total. The first-order chi connectivity index (χ1) is 9.60. The third-order valence-corrected chi connectivity index (χ3v) is 4.39. The Kier molecular flexibility index (Phi) is 5.75. The molecule has 0 fully saturated rings. The van der Waals surface area contributed by atoms with Crippen LogP contribution in [0.3, 0.4) is 0 Å². The molecule has 1 N–H and O–H groups in total. The number of nitrogens with one attached hydrogen (secondary N) is 1. The van der Waals surface area contributed by atoms with E-state index in [1.54, 1.807) is 0 Å². The summed E-state index contributed by atoms with van der Waals surface area (Å²) in [5, 5.41) is 3.54. The number of benzene rings is 1. The van der Waals surface area contributed by atoms with E-state index in [2.05, 4.69) is 80.3 Å². The van der Waals surface area contributed by atoms with Gasteiger partial charge in [0, 0.05) is 33.3 Å². The first kappa shape index (κ1) is 15.7. The molecule has 1 aromatic carbocycles. The van der Waals surface area contributed by atoms with E-state index in [4.69, 9.17) is 0 Å². The maximum absolute atomic E-state index is 4.51. The standard InChI is InChI=1S/C16H18Br2N2/c1-3-19-16(9-13-6-4-11(2)10-20-13)14-8-12(17)5-7-15(14)18/h4-8,10,16,19H,3,9H2,1-2H3. The third kappa shape index (κ3) is 4.14.